The molecule has 0 aromatic rings. The van der Waals surface area contributed by atoms with Gasteiger partial charge in [0.05, 0.1) is 12.7 Å². The van der Waals surface area contributed by atoms with Gasteiger partial charge in [-0.25, -0.2) is 0 Å². The van der Waals surface area contributed by atoms with Crippen molar-refractivity contribution < 1.29 is 9.53 Å². The lowest BCUT2D eigenvalue weighted by atomic mass is 10.0. The Morgan fingerprint density at radius 1 is 1.42 bits per heavy atom. The van der Waals surface area contributed by atoms with Gasteiger partial charge in [-0.15, -0.1) is 0 Å². The highest BCUT2D eigenvalue weighted by Gasteiger charge is 2.35. The second-order valence-electron chi connectivity index (χ2n) is 5.56. The minimum Gasteiger partial charge on any atom is -0.374 e. The molecule has 0 unspecified atom stereocenters. The highest BCUT2D eigenvalue weighted by atomic mass is 16.5. The van der Waals surface area contributed by atoms with E-state index in [1.807, 2.05) is 6.08 Å². The average Bonchev–Trinajstić information content (AvgIpc) is 3.08. The Hall–Kier alpha value is -0.890. The summed E-state index contributed by atoms with van der Waals surface area (Å²) in [7, 11) is 0. The molecule has 0 bridgehead atoms. The lowest BCUT2D eigenvalue weighted by Gasteiger charge is -2.16. The number of carbonyl (C=O) groups excluding carboxylic acids is 1. The van der Waals surface area contributed by atoms with Gasteiger partial charge in [0.1, 0.15) is 0 Å². The number of ketones is 1. The molecule has 2 atom stereocenters. The average molecular weight is 264 g/mol. The maximum Gasteiger partial charge on any atom is 0.152 e. The summed E-state index contributed by atoms with van der Waals surface area (Å²) >= 11 is 0. The van der Waals surface area contributed by atoms with Gasteiger partial charge in [0.25, 0.3) is 0 Å². The fourth-order valence-corrected chi connectivity index (χ4v) is 2.36. The Morgan fingerprint density at radius 2 is 2.11 bits per heavy atom. The summed E-state index contributed by atoms with van der Waals surface area (Å²) in [5.74, 6) is 0.646. The van der Waals surface area contributed by atoms with Crippen molar-refractivity contribution >= 4 is 5.78 Å². The van der Waals surface area contributed by atoms with Gasteiger partial charge >= 0.3 is 0 Å². The molecular weight excluding hydrogens is 236 g/mol. The first-order chi connectivity index (χ1) is 9.15. The van der Waals surface area contributed by atoms with Crippen LogP contribution in [-0.2, 0) is 9.53 Å². The molecule has 0 radical (unpaired) electrons. The molecule has 19 heavy (non-hydrogen) atoms. The summed E-state index contributed by atoms with van der Waals surface area (Å²) in [6, 6.07) is 0. The van der Waals surface area contributed by atoms with Crippen LogP contribution in [0.15, 0.2) is 24.3 Å². The zero-order chi connectivity index (χ0) is 14.1. The van der Waals surface area contributed by atoms with E-state index in [0.29, 0.717) is 18.6 Å². The van der Waals surface area contributed by atoms with Crippen molar-refractivity contribution in [2.24, 2.45) is 5.92 Å². The van der Waals surface area contributed by atoms with Crippen molar-refractivity contribution in [3.05, 3.63) is 24.3 Å². The highest BCUT2D eigenvalue weighted by molar-refractivity contribution is 5.87. The van der Waals surface area contributed by atoms with Crippen molar-refractivity contribution in [1.82, 2.24) is 0 Å². The van der Waals surface area contributed by atoms with Crippen LogP contribution in [0.4, 0.5) is 0 Å². The molecule has 1 aliphatic carbocycles. The zero-order valence-electron chi connectivity index (χ0n) is 12.5. The number of carbonyl (C=O) groups is 1. The largest absolute Gasteiger partial charge is 0.374 e. The molecule has 0 aromatic carbocycles. The number of unbranched alkanes of at least 4 members (excludes halogenated alkanes) is 4. The van der Waals surface area contributed by atoms with Crippen LogP contribution < -0.4 is 0 Å². The standard InChI is InChI=1S/C17H28O2/c1-4-5-6-7-8-11-17(16-13-14(16)2)19-12-9-10-15(3)18/h9-10,16-17H,2,4-8,11-13H2,1,3H3/b10-9+/t16-,17+/m1/s1. The molecule has 0 aromatic heterocycles. The van der Waals surface area contributed by atoms with E-state index < -0.39 is 0 Å². The zero-order valence-corrected chi connectivity index (χ0v) is 12.5. The fraction of sp³-hybridized carbons (Fsp3) is 0.706. The van der Waals surface area contributed by atoms with E-state index in [2.05, 4.69) is 13.5 Å². The molecule has 1 rings (SSSR count). The Kier molecular flexibility index (Phi) is 7.73. The first kappa shape index (κ1) is 16.2. The number of allylic oxidation sites excluding steroid dienone is 1. The second kappa shape index (κ2) is 9.08. The molecule has 0 spiro atoms. The van der Waals surface area contributed by atoms with Gasteiger partial charge in [-0.05, 0) is 25.8 Å². The predicted octanol–water partition coefficient (Wildman–Crippen LogP) is 4.45. The Labute approximate surface area is 117 Å². The number of ether oxygens (including phenoxy) is 1. The molecule has 0 N–H and O–H groups in total. The minimum absolute atomic E-state index is 0.0792. The van der Waals surface area contributed by atoms with Crippen molar-refractivity contribution in [2.75, 3.05) is 6.61 Å². The topological polar surface area (TPSA) is 26.3 Å². The van der Waals surface area contributed by atoms with E-state index in [9.17, 15) is 4.79 Å². The first-order valence-electron chi connectivity index (χ1n) is 7.61. The normalized spacial score (nSPS) is 19.9. The lowest BCUT2D eigenvalue weighted by molar-refractivity contribution is -0.112. The molecule has 1 fully saturated rings. The minimum atomic E-state index is 0.0792. The van der Waals surface area contributed by atoms with Crippen molar-refractivity contribution in [3.8, 4) is 0 Å². The molecular formula is C17H28O2. The van der Waals surface area contributed by atoms with E-state index >= 15 is 0 Å². The Balaban J connectivity index is 2.20. The van der Waals surface area contributed by atoms with Crippen LogP contribution in [0.5, 0.6) is 0 Å². The Bertz CT molecular complexity index is 317. The van der Waals surface area contributed by atoms with Gasteiger partial charge in [0.2, 0.25) is 0 Å². The van der Waals surface area contributed by atoms with Crippen molar-refractivity contribution in [2.45, 2.75) is 64.9 Å². The quantitative estimate of drug-likeness (QED) is 0.313. The summed E-state index contributed by atoms with van der Waals surface area (Å²) in [5.41, 5.74) is 1.33. The Morgan fingerprint density at radius 3 is 2.68 bits per heavy atom. The van der Waals surface area contributed by atoms with Crippen molar-refractivity contribution in [1.29, 1.82) is 0 Å². The molecule has 0 heterocycles. The van der Waals surface area contributed by atoms with Crippen molar-refractivity contribution in [3.63, 3.8) is 0 Å². The van der Waals surface area contributed by atoms with Gasteiger partial charge in [-0.1, -0.05) is 57.3 Å². The van der Waals surface area contributed by atoms with Crippen LogP contribution in [0.3, 0.4) is 0 Å². The van der Waals surface area contributed by atoms with Gasteiger partial charge in [0, 0.05) is 5.92 Å². The van der Waals surface area contributed by atoms with Gasteiger partial charge in [-0.3, -0.25) is 4.79 Å². The van der Waals surface area contributed by atoms with Crippen LogP contribution >= 0.6 is 0 Å². The van der Waals surface area contributed by atoms with Gasteiger partial charge in [0.15, 0.2) is 5.78 Å². The van der Waals surface area contributed by atoms with Crippen LogP contribution in [0, 0.1) is 5.92 Å². The summed E-state index contributed by atoms with van der Waals surface area (Å²) in [5, 5.41) is 0. The number of hydrogen-bond donors (Lipinski definition) is 0. The van der Waals surface area contributed by atoms with E-state index in [1.54, 1.807) is 13.0 Å². The van der Waals surface area contributed by atoms with Crippen LogP contribution in [0.25, 0.3) is 0 Å². The maximum atomic E-state index is 10.8. The summed E-state index contributed by atoms with van der Waals surface area (Å²) < 4.78 is 5.89. The fourth-order valence-electron chi connectivity index (χ4n) is 2.36. The highest BCUT2D eigenvalue weighted by Crippen LogP contribution is 2.41. The molecule has 0 amide bonds. The molecule has 108 valence electrons. The van der Waals surface area contributed by atoms with Gasteiger partial charge in [-0.2, -0.15) is 0 Å². The summed E-state index contributed by atoms with van der Waals surface area (Å²) in [6.07, 6.45) is 12.5. The van der Waals surface area contributed by atoms with Crippen LogP contribution in [0.2, 0.25) is 0 Å². The number of hydrogen-bond acceptors (Lipinski definition) is 2. The summed E-state index contributed by atoms with van der Waals surface area (Å²) in [6.45, 7) is 8.37. The first-order valence-corrected chi connectivity index (χ1v) is 7.61. The summed E-state index contributed by atoms with van der Waals surface area (Å²) in [4.78, 5) is 10.8. The van der Waals surface area contributed by atoms with Gasteiger partial charge < -0.3 is 4.74 Å². The lowest BCUT2D eigenvalue weighted by Crippen LogP contribution is -2.16. The van der Waals surface area contributed by atoms with Crippen LogP contribution in [0.1, 0.15) is 58.8 Å². The second-order valence-corrected chi connectivity index (χ2v) is 5.56. The third kappa shape index (κ3) is 7.31. The van der Waals surface area contributed by atoms with Crippen LogP contribution in [-0.4, -0.2) is 18.5 Å². The third-order valence-electron chi connectivity index (χ3n) is 3.65. The monoisotopic (exact) mass is 264 g/mol. The maximum absolute atomic E-state index is 10.8. The third-order valence-corrected chi connectivity index (χ3v) is 3.65. The SMILES string of the molecule is C=C1C[C@H]1[C@H](CCCCCCC)OC/C=C/C(C)=O. The van der Waals surface area contributed by atoms with E-state index in [4.69, 9.17) is 4.74 Å². The molecule has 2 heteroatoms. The number of rotatable bonds is 11. The smallest absolute Gasteiger partial charge is 0.152 e. The predicted molar refractivity (Wildman–Crippen MR) is 80.2 cm³/mol. The molecule has 0 saturated heterocycles. The molecule has 1 aliphatic rings. The molecule has 2 nitrogen and oxygen atoms in total. The molecule has 0 aliphatic heterocycles. The van der Waals surface area contributed by atoms with E-state index in [-0.39, 0.29) is 5.78 Å². The molecule has 1 saturated carbocycles. The van der Waals surface area contributed by atoms with E-state index in [0.717, 1.165) is 12.8 Å². The van der Waals surface area contributed by atoms with E-state index in [1.165, 1.54) is 37.7 Å².